The van der Waals surface area contributed by atoms with E-state index in [9.17, 15) is 0 Å². The first-order chi connectivity index (χ1) is 9.94. The second-order valence-electron chi connectivity index (χ2n) is 5.47. The topological polar surface area (TPSA) is 89.1 Å². The molecule has 0 fully saturated rings. The summed E-state index contributed by atoms with van der Waals surface area (Å²) in [6.07, 6.45) is 1.69. The molecule has 0 amide bonds. The molecule has 1 aromatic carbocycles. The van der Waals surface area contributed by atoms with Crippen molar-refractivity contribution in [3.63, 3.8) is 0 Å². The van der Waals surface area contributed by atoms with Crippen LogP contribution in [0.2, 0.25) is 0 Å². The summed E-state index contributed by atoms with van der Waals surface area (Å²) in [7, 11) is 3.26. The molecule has 118 valence electrons. The van der Waals surface area contributed by atoms with E-state index in [0.29, 0.717) is 0 Å². The molecule has 0 unspecified atom stereocenters. The molecule has 1 aromatic rings. The van der Waals surface area contributed by atoms with Crippen LogP contribution in [0, 0.1) is 5.41 Å². The van der Waals surface area contributed by atoms with E-state index in [1.54, 1.807) is 14.2 Å². The lowest BCUT2D eigenvalue weighted by atomic mass is 9.86. The first-order valence-electron chi connectivity index (χ1n) is 6.88. The zero-order valence-electron chi connectivity index (χ0n) is 13.1. The number of hydrogen-bond donors (Lipinski definition) is 3. The fourth-order valence-electron chi connectivity index (χ4n) is 1.97. The Labute approximate surface area is 125 Å². The van der Waals surface area contributed by atoms with Gasteiger partial charge >= 0.3 is 0 Å². The number of hydrogen-bond acceptors (Lipinski definition) is 5. The number of rotatable bonds is 8. The summed E-state index contributed by atoms with van der Waals surface area (Å²) < 4.78 is 10.5. The fourth-order valence-corrected chi connectivity index (χ4v) is 1.97. The van der Waals surface area contributed by atoms with Crippen molar-refractivity contribution in [2.45, 2.75) is 26.7 Å². The molecule has 1 rings (SSSR count). The van der Waals surface area contributed by atoms with Gasteiger partial charge in [-0.15, -0.1) is 0 Å². The molecular formula is C15H25N3O3. The highest BCUT2D eigenvalue weighted by atomic mass is 16.5. The second-order valence-corrected chi connectivity index (χ2v) is 5.47. The van der Waals surface area contributed by atoms with E-state index in [-0.39, 0.29) is 11.3 Å². The van der Waals surface area contributed by atoms with E-state index in [2.05, 4.69) is 10.5 Å². The summed E-state index contributed by atoms with van der Waals surface area (Å²) in [5.41, 5.74) is 6.23. The molecule has 4 N–H and O–H groups in total. The van der Waals surface area contributed by atoms with Crippen molar-refractivity contribution in [2.75, 3.05) is 26.1 Å². The van der Waals surface area contributed by atoms with Crippen molar-refractivity contribution in [1.82, 2.24) is 0 Å². The summed E-state index contributed by atoms with van der Waals surface area (Å²) in [4.78, 5) is 0. The minimum absolute atomic E-state index is 0.251. The molecule has 6 nitrogen and oxygen atoms in total. The monoisotopic (exact) mass is 295 g/mol. The van der Waals surface area contributed by atoms with Crippen LogP contribution in [-0.4, -0.2) is 31.8 Å². The Bertz CT molecular complexity index is 487. The van der Waals surface area contributed by atoms with E-state index in [4.69, 9.17) is 20.4 Å². The van der Waals surface area contributed by atoms with Crippen LogP contribution >= 0.6 is 0 Å². The molecule has 0 atom stereocenters. The largest absolute Gasteiger partial charge is 0.497 e. The zero-order valence-corrected chi connectivity index (χ0v) is 13.1. The number of ether oxygens (including phenoxy) is 2. The number of benzene rings is 1. The number of nitrogens with zero attached hydrogens (tertiary/aromatic N) is 1. The highest BCUT2D eigenvalue weighted by Crippen LogP contribution is 2.29. The SMILES string of the molecule is COc1ccc(OC)c(NCCCC(C)(C)C(N)=NO)c1. The van der Waals surface area contributed by atoms with Crippen molar-refractivity contribution >= 4 is 11.5 Å². The van der Waals surface area contributed by atoms with Crippen LogP contribution in [0.25, 0.3) is 0 Å². The van der Waals surface area contributed by atoms with Crippen molar-refractivity contribution in [2.24, 2.45) is 16.3 Å². The molecule has 0 saturated carbocycles. The van der Waals surface area contributed by atoms with Gasteiger partial charge in [-0.1, -0.05) is 19.0 Å². The third-order valence-corrected chi connectivity index (χ3v) is 3.50. The normalized spacial score (nSPS) is 12.1. The third kappa shape index (κ3) is 4.73. The van der Waals surface area contributed by atoms with Gasteiger partial charge in [0.15, 0.2) is 0 Å². The standard InChI is InChI=1S/C15H25N3O3/c1-15(2,14(16)18-19)8-5-9-17-12-10-11(20-3)6-7-13(12)21-4/h6-7,10,17,19H,5,8-9H2,1-4H3,(H2,16,18). The summed E-state index contributed by atoms with van der Waals surface area (Å²) >= 11 is 0. The average molecular weight is 295 g/mol. The number of nitrogens with one attached hydrogen (secondary N) is 1. The first-order valence-corrected chi connectivity index (χ1v) is 6.88. The molecule has 0 saturated heterocycles. The van der Waals surface area contributed by atoms with Crippen molar-refractivity contribution in [3.8, 4) is 11.5 Å². The summed E-state index contributed by atoms with van der Waals surface area (Å²) in [6.45, 7) is 4.66. The lowest BCUT2D eigenvalue weighted by molar-refractivity contribution is 0.305. The van der Waals surface area contributed by atoms with Gasteiger partial charge in [0.05, 0.1) is 19.9 Å². The lowest BCUT2D eigenvalue weighted by Crippen LogP contribution is -2.32. The number of nitrogens with two attached hydrogens (primary N) is 1. The van der Waals surface area contributed by atoms with Crippen molar-refractivity contribution in [3.05, 3.63) is 18.2 Å². The Kier molecular flexibility index (Phi) is 6.14. The molecular weight excluding hydrogens is 270 g/mol. The average Bonchev–Trinajstić information content (AvgIpc) is 2.50. The lowest BCUT2D eigenvalue weighted by Gasteiger charge is -2.22. The highest BCUT2D eigenvalue weighted by molar-refractivity contribution is 5.85. The van der Waals surface area contributed by atoms with Crippen LogP contribution in [0.5, 0.6) is 11.5 Å². The van der Waals surface area contributed by atoms with Crippen LogP contribution in [0.4, 0.5) is 5.69 Å². The zero-order chi connectivity index (χ0) is 15.9. The molecule has 0 aliphatic carbocycles. The molecule has 0 aliphatic heterocycles. The number of methoxy groups -OCH3 is 2. The minimum atomic E-state index is -0.325. The van der Waals surface area contributed by atoms with Gasteiger partial charge in [0.2, 0.25) is 0 Å². The van der Waals surface area contributed by atoms with Crippen LogP contribution < -0.4 is 20.5 Å². The summed E-state index contributed by atoms with van der Waals surface area (Å²) in [5.74, 6) is 1.79. The van der Waals surface area contributed by atoms with Gasteiger partial charge in [0.25, 0.3) is 0 Å². The van der Waals surface area contributed by atoms with Crippen LogP contribution in [0.1, 0.15) is 26.7 Å². The molecule has 0 spiro atoms. The fraction of sp³-hybridized carbons (Fsp3) is 0.533. The number of anilines is 1. The molecule has 0 bridgehead atoms. The highest BCUT2D eigenvalue weighted by Gasteiger charge is 2.22. The molecule has 6 heteroatoms. The molecule has 0 radical (unpaired) electrons. The quantitative estimate of drug-likeness (QED) is 0.225. The molecule has 0 aromatic heterocycles. The van der Waals surface area contributed by atoms with E-state index < -0.39 is 0 Å². The van der Waals surface area contributed by atoms with Gasteiger partial charge in [0, 0.05) is 18.0 Å². The number of amidine groups is 1. The minimum Gasteiger partial charge on any atom is -0.497 e. The summed E-state index contributed by atoms with van der Waals surface area (Å²) in [5, 5.41) is 15.2. The Morgan fingerprint density at radius 1 is 1.33 bits per heavy atom. The summed E-state index contributed by atoms with van der Waals surface area (Å²) in [6, 6.07) is 5.61. The molecule has 0 aliphatic rings. The Morgan fingerprint density at radius 3 is 2.62 bits per heavy atom. The second kappa shape index (κ2) is 7.61. The van der Waals surface area contributed by atoms with Crippen LogP contribution in [0.3, 0.4) is 0 Å². The molecule has 0 heterocycles. The number of oxime groups is 1. The Morgan fingerprint density at radius 2 is 2.05 bits per heavy atom. The Hall–Kier alpha value is -2.11. The van der Waals surface area contributed by atoms with Gasteiger partial charge < -0.3 is 25.7 Å². The maximum atomic E-state index is 8.75. The van der Waals surface area contributed by atoms with Gasteiger partial charge in [-0.05, 0) is 25.0 Å². The van der Waals surface area contributed by atoms with Gasteiger partial charge in [0.1, 0.15) is 17.3 Å². The third-order valence-electron chi connectivity index (χ3n) is 3.50. The maximum absolute atomic E-state index is 8.75. The van der Waals surface area contributed by atoms with Crippen molar-refractivity contribution in [1.29, 1.82) is 0 Å². The Balaban J connectivity index is 2.56. The predicted octanol–water partition coefficient (Wildman–Crippen LogP) is 2.67. The van der Waals surface area contributed by atoms with Gasteiger partial charge in [-0.2, -0.15) is 0 Å². The predicted molar refractivity (Wildman–Crippen MR) is 84.5 cm³/mol. The van der Waals surface area contributed by atoms with E-state index in [1.807, 2.05) is 32.0 Å². The van der Waals surface area contributed by atoms with E-state index in [0.717, 1.165) is 36.6 Å². The van der Waals surface area contributed by atoms with E-state index in [1.165, 1.54) is 0 Å². The van der Waals surface area contributed by atoms with Gasteiger partial charge in [-0.25, -0.2) is 0 Å². The smallest absolute Gasteiger partial charge is 0.144 e. The van der Waals surface area contributed by atoms with Gasteiger partial charge in [-0.3, -0.25) is 0 Å². The van der Waals surface area contributed by atoms with E-state index >= 15 is 0 Å². The molecule has 21 heavy (non-hydrogen) atoms. The van der Waals surface area contributed by atoms with Crippen LogP contribution in [-0.2, 0) is 0 Å². The maximum Gasteiger partial charge on any atom is 0.144 e. The van der Waals surface area contributed by atoms with Crippen molar-refractivity contribution < 1.29 is 14.7 Å². The van der Waals surface area contributed by atoms with Crippen LogP contribution in [0.15, 0.2) is 23.4 Å². The first kappa shape index (κ1) is 16.9.